The molecule has 0 aliphatic heterocycles. The molecule has 1 fully saturated rings. The van der Waals surface area contributed by atoms with Gasteiger partial charge in [-0.15, -0.1) is 0 Å². The van der Waals surface area contributed by atoms with Gasteiger partial charge < -0.3 is 0 Å². The summed E-state index contributed by atoms with van der Waals surface area (Å²) in [6, 6.07) is 10.3. The van der Waals surface area contributed by atoms with Crippen molar-refractivity contribution in [3.8, 4) is 6.07 Å². The van der Waals surface area contributed by atoms with Gasteiger partial charge in [0, 0.05) is 16.9 Å². The van der Waals surface area contributed by atoms with E-state index in [4.69, 9.17) is 16.9 Å². The molecule has 1 saturated carbocycles. The summed E-state index contributed by atoms with van der Waals surface area (Å²) in [4.78, 5) is 0. The third-order valence-corrected chi connectivity index (χ3v) is 3.65. The van der Waals surface area contributed by atoms with E-state index in [1.54, 1.807) is 0 Å². The molecule has 1 aliphatic rings. The molecule has 1 aromatic carbocycles. The smallest absolute Gasteiger partial charge is 0.0631 e. The normalized spacial score (nSPS) is 18.7. The molecule has 0 heterocycles. The predicted molar refractivity (Wildman–Crippen MR) is 61.8 cm³/mol. The summed E-state index contributed by atoms with van der Waals surface area (Å²) >= 11 is 6.00. The van der Waals surface area contributed by atoms with Gasteiger partial charge in [-0.3, -0.25) is 0 Å². The van der Waals surface area contributed by atoms with Crippen molar-refractivity contribution >= 4 is 11.6 Å². The number of benzene rings is 1. The SMILES string of the molecule is N#CCC1(c2cccc(Cl)c2)CCCC1. The lowest BCUT2D eigenvalue weighted by atomic mass is 9.76. The first kappa shape index (κ1) is 10.5. The number of halogens is 1. The minimum Gasteiger partial charge on any atom is -0.198 e. The van der Waals surface area contributed by atoms with Gasteiger partial charge in [-0.1, -0.05) is 36.6 Å². The lowest BCUT2D eigenvalue weighted by molar-refractivity contribution is 0.451. The Morgan fingerprint density at radius 2 is 2.07 bits per heavy atom. The van der Waals surface area contributed by atoms with Crippen LogP contribution in [0.25, 0.3) is 0 Å². The zero-order valence-electron chi connectivity index (χ0n) is 8.67. The Morgan fingerprint density at radius 3 is 2.67 bits per heavy atom. The molecule has 1 aromatic rings. The van der Waals surface area contributed by atoms with Crippen LogP contribution in [0.15, 0.2) is 24.3 Å². The van der Waals surface area contributed by atoms with Crippen LogP contribution in [0.4, 0.5) is 0 Å². The van der Waals surface area contributed by atoms with Crippen LogP contribution in [0.3, 0.4) is 0 Å². The van der Waals surface area contributed by atoms with E-state index in [9.17, 15) is 0 Å². The Kier molecular flexibility index (Phi) is 2.98. The highest BCUT2D eigenvalue weighted by Gasteiger charge is 2.35. The molecule has 0 bridgehead atoms. The van der Waals surface area contributed by atoms with Gasteiger partial charge in [0.1, 0.15) is 0 Å². The van der Waals surface area contributed by atoms with Gasteiger partial charge in [0.15, 0.2) is 0 Å². The van der Waals surface area contributed by atoms with Gasteiger partial charge in [0.25, 0.3) is 0 Å². The number of nitrogens with zero attached hydrogens (tertiary/aromatic N) is 1. The summed E-state index contributed by atoms with van der Waals surface area (Å²) < 4.78 is 0. The predicted octanol–water partition coefficient (Wildman–Crippen LogP) is 4.07. The average Bonchev–Trinajstić information content (AvgIpc) is 2.68. The van der Waals surface area contributed by atoms with Crippen molar-refractivity contribution < 1.29 is 0 Å². The molecular formula is C13H14ClN. The van der Waals surface area contributed by atoms with Gasteiger partial charge in [-0.05, 0) is 30.5 Å². The third kappa shape index (κ3) is 2.01. The zero-order chi connectivity index (χ0) is 10.7. The van der Waals surface area contributed by atoms with Gasteiger partial charge in [-0.2, -0.15) is 5.26 Å². The second kappa shape index (κ2) is 4.24. The first-order valence-corrected chi connectivity index (χ1v) is 5.78. The van der Waals surface area contributed by atoms with E-state index in [-0.39, 0.29) is 5.41 Å². The summed E-state index contributed by atoms with van der Waals surface area (Å²) in [6.45, 7) is 0. The Balaban J connectivity index is 2.37. The maximum absolute atomic E-state index is 8.94. The van der Waals surface area contributed by atoms with Crippen molar-refractivity contribution in [2.75, 3.05) is 0 Å². The number of nitriles is 1. The molecule has 0 unspecified atom stereocenters. The molecule has 15 heavy (non-hydrogen) atoms. The maximum Gasteiger partial charge on any atom is 0.0631 e. The molecule has 0 atom stereocenters. The van der Waals surface area contributed by atoms with E-state index in [2.05, 4.69) is 12.1 Å². The lowest BCUT2D eigenvalue weighted by Gasteiger charge is -2.26. The highest BCUT2D eigenvalue weighted by Crippen LogP contribution is 2.44. The summed E-state index contributed by atoms with van der Waals surface area (Å²) in [7, 11) is 0. The van der Waals surface area contributed by atoms with Crippen LogP contribution in [0.1, 0.15) is 37.7 Å². The maximum atomic E-state index is 8.94. The Labute approximate surface area is 95.7 Å². The fourth-order valence-electron chi connectivity index (χ4n) is 2.59. The number of hydrogen-bond acceptors (Lipinski definition) is 1. The van der Waals surface area contributed by atoms with E-state index in [1.807, 2.05) is 18.2 Å². The monoisotopic (exact) mass is 219 g/mol. The molecule has 0 radical (unpaired) electrons. The molecule has 78 valence electrons. The minimum absolute atomic E-state index is 0.0830. The highest BCUT2D eigenvalue weighted by atomic mass is 35.5. The Bertz CT molecular complexity index is 386. The van der Waals surface area contributed by atoms with Crippen molar-refractivity contribution in [1.29, 1.82) is 5.26 Å². The van der Waals surface area contributed by atoms with Crippen LogP contribution in [0.5, 0.6) is 0 Å². The average molecular weight is 220 g/mol. The Hall–Kier alpha value is -1.00. The highest BCUT2D eigenvalue weighted by molar-refractivity contribution is 6.30. The molecule has 0 aromatic heterocycles. The largest absolute Gasteiger partial charge is 0.198 e. The first-order valence-electron chi connectivity index (χ1n) is 5.40. The van der Waals surface area contributed by atoms with Crippen LogP contribution >= 0.6 is 11.6 Å². The first-order chi connectivity index (χ1) is 7.27. The quantitative estimate of drug-likeness (QED) is 0.736. The van der Waals surface area contributed by atoms with Crippen molar-refractivity contribution in [2.24, 2.45) is 0 Å². The molecule has 1 aliphatic carbocycles. The lowest BCUT2D eigenvalue weighted by Crippen LogP contribution is -2.21. The van der Waals surface area contributed by atoms with Crippen LogP contribution in [-0.2, 0) is 5.41 Å². The molecule has 0 saturated heterocycles. The van der Waals surface area contributed by atoms with Crippen molar-refractivity contribution in [3.63, 3.8) is 0 Å². The fraction of sp³-hybridized carbons (Fsp3) is 0.462. The summed E-state index contributed by atoms with van der Waals surface area (Å²) in [5.74, 6) is 0. The van der Waals surface area contributed by atoms with Gasteiger partial charge in [0.2, 0.25) is 0 Å². The summed E-state index contributed by atoms with van der Waals surface area (Å²) in [6.07, 6.45) is 5.33. The molecule has 0 spiro atoms. The van der Waals surface area contributed by atoms with E-state index >= 15 is 0 Å². The minimum atomic E-state index is 0.0830. The van der Waals surface area contributed by atoms with Crippen molar-refractivity contribution in [3.05, 3.63) is 34.9 Å². The topological polar surface area (TPSA) is 23.8 Å². The van der Waals surface area contributed by atoms with E-state index in [0.29, 0.717) is 6.42 Å². The standard InChI is InChI=1S/C13H14ClN/c14-12-5-3-4-11(10-12)13(8-9-15)6-1-2-7-13/h3-5,10H,1-2,6-8H2. The molecule has 1 nitrogen and oxygen atoms in total. The third-order valence-electron chi connectivity index (χ3n) is 3.42. The van der Waals surface area contributed by atoms with Gasteiger partial charge >= 0.3 is 0 Å². The fourth-order valence-corrected chi connectivity index (χ4v) is 2.78. The summed E-state index contributed by atoms with van der Waals surface area (Å²) in [5, 5.41) is 9.71. The van der Waals surface area contributed by atoms with Crippen molar-refractivity contribution in [1.82, 2.24) is 0 Å². The van der Waals surface area contributed by atoms with Crippen LogP contribution in [0.2, 0.25) is 5.02 Å². The van der Waals surface area contributed by atoms with E-state index in [1.165, 1.54) is 18.4 Å². The van der Waals surface area contributed by atoms with Gasteiger partial charge in [-0.25, -0.2) is 0 Å². The molecule has 0 amide bonds. The Morgan fingerprint density at radius 1 is 1.33 bits per heavy atom. The summed E-state index contributed by atoms with van der Waals surface area (Å²) in [5.41, 5.74) is 1.33. The molecule has 2 heteroatoms. The molecule has 0 N–H and O–H groups in total. The number of hydrogen-bond donors (Lipinski definition) is 0. The van der Waals surface area contributed by atoms with Crippen molar-refractivity contribution in [2.45, 2.75) is 37.5 Å². The second-order valence-electron chi connectivity index (χ2n) is 4.33. The van der Waals surface area contributed by atoms with E-state index < -0.39 is 0 Å². The second-order valence-corrected chi connectivity index (χ2v) is 4.77. The van der Waals surface area contributed by atoms with Crippen LogP contribution < -0.4 is 0 Å². The van der Waals surface area contributed by atoms with E-state index in [0.717, 1.165) is 17.9 Å². The molecule has 2 rings (SSSR count). The van der Waals surface area contributed by atoms with Gasteiger partial charge in [0.05, 0.1) is 6.07 Å². The van der Waals surface area contributed by atoms with Crippen LogP contribution in [-0.4, -0.2) is 0 Å². The van der Waals surface area contributed by atoms with Crippen LogP contribution in [0, 0.1) is 11.3 Å². The zero-order valence-corrected chi connectivity index (χ0v) is 9.43. The molecular weight excluding hydrogens is 206 g/mol. The number of rotatable bonds is 2.